The fourth-order valence-corrected chi connectivity index (χ4v) is 1.97. The molecule has 0 saturated heterocycles. The van der Waals surface area contributed by atoms with Crippen molar-refractivity contribution in [3.05, 3.63) is 35.1 Å². The SMILES string of the molecule is CCOC(=O)CC(C)CC(N)c1cc(F)c(F)cc1F. The molecule has 0 aliphatic carbocycles. The smallest absolute Gasteiger partial charge is 0.306 e. The summed E-state index contributed by atoms with van der Waals surface area (Å²) < 4.78 is 44.3. The molecule has 6 heteroatoms. The van der Waals surface area contributed by atoms with Crippen LogP contribution in [0.25, 0.3) is 0 Å². The van der Waals surface area contributed by atoms with Crippen molar-refractivity contribution in [3.8, 4) is 0 Å². The zero-order valence-corrected chi connectivity index (χ0v) is 11.5. The second-order valence-electron chi connectivity index (χ2n) is 4.74. The summed E-state index contributed by atoms with van der Waals surface area (Å²) >= 11 is 0. The molecular weight excluding hydrogens is 271 g/mol. The van der Waals surface area contributed by atoms with Gasteiger partial charge >= 0.3 is 5.97 Å². The molecule has 0 bridgehead atoms. The van der Waals surface area contributed by atoms with E-state index in [0.717, 1.165) is 6.07 Å². The molecule has 0 aliphatic rings. The van der Waals surface area contributed by atoms with Gasteiger partial charge in [-0.2, -0.15) is 0 Å². The first-order valence-electron chi connectivity index (χ1n) is 6.40. The lowest BCUT2D eigenvalue weighted by molar-refractivity contribution is -0.144. The molecule has 0 amide bonds. The van der Waals surface area contributed by atoms with Crippen LogP contribution >= 0.6 is 0 Å². The third-order valence-electron chi connectivity index (χ3n) is 2.92. The Morgan fingerprint density at radius 3 is 2.45 bits per heavy atom. The van der Waals surface area contributed by atoms with Crippen molar-refractivity contribution < 1.29 is 22.7 Å². The van der Waals surface area contributed by atoms with E-state index in [0.29, 0.717) is 6.07 Å². The monoisotopic (exact) mass is 289 g/mol. The topological polar surface area (TPSA) is 52.3 Å². The lowest BCUT2D eigenvalue weighted by Crippen LogP contribution is -2.18. The molecule has 2 N–H and O–H groups in total. The summed E-state index contributed by atoms with van der Waals surface area (Å²) in [7, 11) is 0. The van der Waals surface area contributed by atoms with Crippen LogP contribution in [0.2, 0.25) is 0 Å². The van der Waals surface area contributed by atoms with Crippen LogP contribution in [0.15, 0.2) is 12.1 Å². The molecule has 0 fully saturated rings. The third kappa shape index (κ3) is 4.52. The molecule has 1 rings (SSSR count). The van der Waals surface area contributed by atoms with Gasteiger partial charge in [0.1, 0.15) is 5.82 Å². The van der Waals surface area contributed by atoms with Gasteiger partial charge in [-0.25, -0.2) is 13.2 Å². The molecule has 0 aliphatic heterocycles. The van der Waals surface area contributed by atoms with Crippen molar-refractivity contribution in [1.29, 1.82) is 0 Å². The minimum atomic E-state index is -1.25. The first kappa shape index (κ1) is 16.5. The molecule has 1 aromatic rings. The summed E-state index contributed by atoms with van der Waals surface area (Å²) in [6.07, 6.45) is 0.410. The molecule has 0 heterocycles. The normalized spacial score (nSPS) is 13.9. The Hall–Kier alpha value is -1.56. The Bertz CT molecular complexity index is 480. The number of halogens is 3. The number of esters is 1. The minimum absolute atomic E-state index is 0.0976. The number of rotatable bonds is 6. The fourth-order valence-electron chi connectivity index (χ4n) is 1.97. The van der Waals surface area contributed by atoms with Gasteiger partial charge in [-0.15, -0.1) is 0 Å². The first-order valence-corrected chi connectivity index (χ1v) is 6.40. The van der Waals surface area contributed by atoms with Crippen LogP contribution in [0, 0.1) is 23.4 Å². The summed E-state index contributed by atoms with van der Waals surface area (Å²) in [5, 5.41) is 0. The van der Waals surface area contributed by atoms with Gasteiger partial charge in [0.25, 0.3) is 0 Å². The molecule has 0 saturated carbocycles. The van der Waals surface area contributed by atoms with Crippen LogP contribution in [0.1, 0.15) is 38.3 Å². The van der Waals surface area contributed by atoms with E-state index >= 15 is 0 Å². The number of hydrogen-bond donors (Lipinski definition) is 1. The van der Waals surface area contributed by atoms with Crippen molar-refractivity contribution in [1.82, 2.24) is 0 Å². The van der Waals surface area contributed by atoms with Crippen molar-refractivity contribution in [2.24, 2.45) is 11.7 Å². The summed E-state index contributed by atoms with van der Waals surface area (Å²) in [5.74, 6) is -3.80. The molecule has 0 aromatic heterocycles. The maximum Gasteiger partial charge on any atom is 0.306 e. The van der Waals surface area contributed by atoms with Crippen LogP contribution in [0.5, 0.6) is 0 Å². The van der Waals surface area contributed by atoms with E-state index in [2.05, 4.69) is 0 Å². The van der Waals surface area contributed by atoms with Crippen molar-refractivity contribution in [2.75, 3.05) is 6.61 Å². The Morgan fingerprint density at radius 1 is 1.25 bits per heavy atom. The van der Waals surface area contributed by atoms with E-state index in [9.17, 15) is 18.0 Å². The van der Waals surface area contributed by atoms with E-state index in [1.54, 1.807) is 13.8 Å². The van der Waals surface area contributed by atoms with Crippen molar-refractivity contribution in [2.45, 2.75) is 32.7 Å². The van der Waals surface area contributed by atoms with Gasteiger partial charge in [0.15, 0.2) is 11.6 Å². The summed E-state index contributed by atoms with van der Waals surface area (Å²) in [6, 6.07) is 0.419. The van der Waals surface area contributed by atoms with Crippen molar-refractivity contribution >= 4 is 5.97 Å². The quantitative estimate of drug-likeness (QED) is 0.647. The molecule has 112 valence electrons. The predicted molar refractivity (Wildman–Crippen MR) is 68.3 cm³/mol. The highest BCUT2D eigenvalue weighted by Gasteiger charge is 2.19. The van der Waals surface area contributed by atoms with Crippen LogP contribution in [-0.2, 0) is 9.53 Å². The Kier molecular flexibility index (Phi) is 6.01. The number of hydrogen-bond acceptors (Lipinski definition) is 3. The second-order valence-corrected chi connectivity index (χ2v) is 4.74. The fraction of sp³-hybridized carbons (Fsp3) is 0.500. The standard InChI is InChI=1S/C14H18F3NO2/c1-3-20-14(19)5-8(2)4-13(18)9-6-11(16)12(17)7-10(9)15/h6-8,13H,3-5,18H2,1-2H3. The van der Waals surface area contributed by atoms with Crippen molar-refractivity contribution in [3.63, 3.8) is 0 Å². The second kappa shape index (κ2) is 7.28. The molecule has 2 atom stereocenters. The maximum absolute atomic E-state index is 13.5. The number of nitrogens with two attached hydrogens (primary N) is 1. The Labute approximate surface area is 115 Å². The average molecular weight is 289 g/mol. The highest BCUT2D eigenvalue weighted by molar-refractivity contribution is 5.69. The lowest BCUT2D eigenvalue weighted by atomic mass is 9.94. The number of carbonyl (C=O) groups excluding carboxylic acids is 1. The molecule has 20 heavy (non-hydrogen) atoms. The van der Waals surface area contributed by atoms with E-state index in [1.807, 2.05) is 0 Å². The average Bonchev–Trinajstić information content (AvgIpc) is 2.33. The van der Waals surface area contributed by atoms with Crippen LogP contribution in [0.3, 0.4) is 0 Å². The summed E-state index contributed by atoms with van der Waals surface area (Å²) in [4.78, 5) is 11.3. The Morgan fingerprint density at radius 2 is 1.85 bits per heavy atom. The first-order chi connectivity index (χ1) is 9.35. The van der Waals surface area contributed by atoms with Gasteiger partial charge in [-0.3, -0.25) is 4.79 Å². The molecule has 2 unspecified atom stereocenters. The number of carbonyl (C=O) groups is 1. The van der Waals surface area contributed by atoms with E-state index in [4.69, 9.17) is 10.5 Å². The van der Waals surface area contributed by atoms with E-state index in [-0.39, 0.29) is 36.9 Å². The zero-order valence-electron chi connectivity index (χ0n) is 11.5. The van der Waals surface area contributed by atoms with Gasteiger partial charge in [0.2, 0.25) is 0 Å². The molecule has 1 aromatic carbocycles. The molecule has 0 spiro atoms. The van der Waals surface area contributed by atoms with Gasteiger partial charge in [0.05, 0.1) is 6.61 Å². The number of benzene rings is 1. The highest BCUT2D eigenvalue weighted by atomic mass is 19.2. The highest BCUT2D eigenvalue weighted by Crippen LogP contribution is 2.25. The zero-order chi connectivity index (χ0) is 15.3. The van der Waals surface area contributed by atoms with Crippen LogP contribution in [-0.4, -0.2) is 12.6 Å². The molecule has 3 nitrogen and oxygen atoms in total. The summed E-state index contributed by atoms with van der Waals surface area (Å²) in [5.41, 5.74) is 5.69. The van der Waals surface area contributed by atoms with Gasteiger partial charge in [0, 0.05) is 24.1 Å². The maximum atomic E-state index is 13.5. The lowest BCUT2D eigenvalue weighted by Gasteiger charge is -2.17. The number of ether oxygens (including phenoxy) is 1. The molecular formula is C14H18F3NO2. The molecule has 0 radical (unpaired) electrons. The Balaban J connectivity index is 2.69. The summed E-state index contributed by atoms with van der Waals surface area (Å²) in [6.45, 7) is 3.74. The predicted octanol–water partition coefficient (Wildman–Crippen LogP) is 3.08. The van der Waals surface area contributed by atoms with E-state index < -0.39 is 23.5 Å². The van der Waals surface area contributed by atoms with E-state index in [1.165, 1.54) is 0 Å². The largest absolute Gasteiger partial charge is 0.466 e. The van der Waals surface area contributed by atoms with Gasteiger partial charge < -0.3 is 10.5 Å². The van der Waals surface area contributed by atoms with Crippen LogP contribution < -0.4 is 5.73 Å². The third-order valence-corrected chi connectivity index (χ3v) is 2.92. The van der Waals surface area contributed by atoms with Crippen LogP contribution in [0.4, 0.5) is 13.2 Å². The minimum Gasteiger partial charge on any atom is -0.466 e. The van der Waals surface area contributed by atoms with Gasteiger partial charge in [-0.05, 0) is 25.3 Å². The van der Waals surface area contributed by atoms with Gasteiger partial charge in [-0.1, -0.05) is 6.92 Å².